The van der Waals surface area contributed by atoms with E-state index in [1.54, 1.807) is 0 Å². The molecule has 0 radical (unpaired) electrons. The number of rotatable bonds is 8. The maximum atomic E-state index is 13.7. The molecule has 6 heteroatoms. The van der Waals surface area contributed by atoms with Gasteiger partial charge >= 0.3 is 6.18 Å². The maximum Gasteiger partial charge on any atom is 0.425 e. The number of hydrogen-bond donors (Lipinski definition) is 1. The van der Waals surface area contributed by atoms with Crippen molar-refractivity contribution < 1.29 is 18.0 Å². The fourth-order valence-corrected chi connectivity index (χ4v) is 6.08. The third-order valence-electron chi connectivity index (χ3n) is 6.61. The van der Waals surface area contributed by atoms with Crippen LogP contribution in [0, 0.1) is 12.3 Å². The lowest BCUT2D eigenvalue weighted by atomic mass is 9.74. The first-order valence-corrected chi connectivity index (χ1v) is 12.3. The van der Waals surface area contributed by atoms with Crippen molar-refractivity contribution in [3.05, 3.63) is 55.3 Å². The van der Waals surface area contributed by atoms with E-state index in [-0.39, 0.29) is 17.6 Å². The highest BCUT2D eigenvalue weighted by atomic mass is 32.1. The van der Waals surface area contributed by atoms with Gasteiger partial charge < -0.3 is 5.73 Å². The molecule has 1 aromatic carbocycles. The first-order valence-electron chi connectivity index (χ1n) is 11.5. The average Bonchev–Trinajstić information content (AvgIpc) is 3.08. The first-order chi connectivity index (χ1) is 15.0. The van der Waals surface area contributed by atoms with E-state index in [0.29, 0.717) is 53.1 Å². The summed E-state index contributed by atoms with van der Waals surface area (Å²) in [7, 11) is 0. The van der Waals surface area contributed by atoms with E-state index >= 15 is 0 Å². The van der Waals surface area contributed by atoms with E-state index < -0.39 is 11.1 Å². The van der Waals surface area contributed by atoms with Crippen LogP contribution in [0.15, 0.2) is 12.1 Å². The molecule has 0 bridgehead atoms. The zero-order chi connectivity index (χ0) is 23.7. The van der Waals surface area contributed by atoms with Gasteiger partial charge in [-0.25, -0.2) is 0 Å². The highest BCUT2D eigenvalue weighted by molar-refractivity contribution is 7.14. The van der Waals surface area contributed by atoms with Gasteiger partial charge in [0.15, 0.2) is 5.78 Å². The number of thiophene rings is 1. The molecule has 0 amide bonds. The Hall–Kier alpha value is -1.66. The molecule has 1 aromatic heterocycles. The Bertz CT molecular complexity index is 988. The molecule has 176 valence electrons. The third kappa shape index (κ3) is 5.45. The number of carbonyl (C=O) groups excluding carboxylic acids is 1. The Morgan fingerprint density at radius 1 is 1.19 bits per heavy atom. The average molecular weight is 466 g/mol. The van der Waals surface area contributed by atoms with Gasteiger partial charge in [0.25, 0.3) is 0 Å². The molecule has 0 unspecified atom stereocenters. The molecule has 0 fully saturated rings. The van der Waals surface area contributed by atoms with Crippen molar-refractivity contribution >= 4 is 17.1 Å². The number of carbonyl (C=O) groups is 1. The van der Waals surface area contributed by atoms with Crippen LogP contribution in [-0.2, 0) is 38.3 Å². The van der Waals surface area contributed by atoms with Gasteiger partial charge in [0.1, 0.15) is 4.88 Å². The van der Waals surface area contributed by atoms with Gasteiger partial charge in [-0.3, -0.25) is 4.79 Å². The minimum absolute atomic E-state index is 0.163. The second-order valence-corrected chi connectivity index (χ2v) is 10.8. The van der Waals surface area contributed by atoms with Crippen LogP contribution in [-0.4, -0.2) is 12.3 Å². The van der Waals surface area contributed by atoms with Crippen molar-refractivity contribution in [1.29, 1.82) is 0 Å². The number of nitrogens with two attached hydrogens (primary N) is 1. The number of hydrogen-bond acceptors (Lipinski definition) is 3. The molecule has 1 heterocycles. The van der Waals surface area contributed by atoms with Crippen LogP contribution in [0.25, 0.3) is 0 Å². The molecule has 1 aliphatic rings. The smallest absolute Gasteiger partial charge is 0.330 e. The minimum atomic E-state index is -4.41. The van der Waals surface area contributed by atoms with Crippen LogP contribution in [0.2, 0.25) is 0 Å². The van der Waals surface area contributed by atoms with Crippen molar-refractivity contribution in [3.8, 4) is 0 Å². The lowest BCUT2D eigenvalue weighted by Gasteiger charge is -2.30. The molecule has 0 saturated carbocycles. The van der Waals surface area contributed by atoms with Crippen molar-refractivity contribution in [1.82, 2.24) is 0 Å². The molecular weight excluding hydrogens is 431 g/mol. The van der Waals surface area contributed by atoms with E-state index in [4.69, 9.17) is 5.73 Å². The summed E-state index contributed by atoms with van der Waals surface area (Å²) in [5.41, 5.74) is 11.4. The minimum Gasteiger partial charge on any atom is -0.330 e. The molecule has 2 nitrogen and oxygen atoms in total. The van der Waals surface area contributed by atoms with Crippen molar-refractivity contribution in [2.45, 2.75) is 85.2 Å². The number of fused-ring (bicyclic) bond motifs is 1. The number of alkyl halides is 3. The quantitative estimate of drug-likeness (QED) is 0.433. The van der Waals surface area contributed by atoms with Gasteiger partial charge in [-0.15, -0.1) is 11.3 Å². The van der Waals surface area contributed by atoms with Gasteiger partial charge in [0, 0.05) is 6.42 Å². The van der Waals surface area contributed by atoms with Crippen LogP contribution in [0.4, 0.5) is 13.2 Å². The molecule has 2 aromatic rings. The predicted octanol–water partition coefficient (Wildman–Crippen LogP) is 6.86. The van der Waals surface area contributed by atoms with Crippen LogP contribution < -0.4 is 5.73 Å². The molecular formula is C26H34F3NOS. The largest absolute Gasteiger partial charge is 0.425 e. The third-order valence-corrected chi connectivity index (χ3v) is 7.97. The van der Waals surface area contributed by atoms with Crippen LogP contribution >= 0.6 is 11.3 Å². The van der Waals surface area contributed by atoms with Gasteiger partial charge in [0.05, 0.1) is 4.88 Å². The topological polar surface area (TPSA) is 43.1 Å². The second kappa shape index (κ2) is 9.68. The summed E-state index contributed by atoms with van der Waals surface area (Å²) in [6, 6.07) is 4.27. The molecule has 2 N–H and O–H groups in total. The number of aryl methyl sites for hydroxylation is 3. The zero-order valence-corrected chi connectivity index (χ0v) is 20.4. The Balaban J connectivity index is 1.83. The fourth-order valence-electron chi connectivity index (χ4n) is 4.87. The summed E-state index contributed by atoms with van der Waals surface area (Å²) in [5, 5.41) is 0. The lowest BCUT2D eigenvalue weighted by Crippen LogP contribution is -2.24. The molecule has 32 heavy (non-hydrogen) atoms. The van der Waals surface area contributed by atoms with Gasteiger partial charge in [0.2, 0.25) is 0 Å². The number of ketones is 1. The zero-order valence-electron chi connectivity index (χ0n) is 19.5. The predicted molar refractivity (Wildman–Crippen MR) is 126 cm³/mol. The normalized spacial score (nSPS) is 15.6. The highest BCUT2D eigenvalue weighted by Crippen LogP contribution is 2.47. The summed E-state index contributed by atoms with van der Waals surface area (Å²) in [5.74, 6) is -0.163. The van der Waals surface area contributed by atoms with Gasteiger partial charge in [-0.05, 0) is 97.2 Å². The van der Waals surface area contributed by atoms with E-state index in [2.05, 4.69) is 26.0 Å². The Labute approximate surface area is 193 Å². The summed E-state index contributed by atoms with van der Waals surface area (Å²) < 4.78 is 41.1. The number of halogens is 3. The Kier molecular flexibility index (Phi) is 7.55. The highest BCUT2D eigenvalue weighted by Gasteiger charge is 2.42. The summed E-state index contributed by atoms with van der Waals surface area (Å²) >= 11 is 0.662. The van der Waals surface area contributed by atoms with Gasteiger partial charge in [-0.1, -0.05) is 32.9 Å². The molecule has 3 rings (SSSR count). The van der Waals surface area contributed by atoms with Crippen molar-refractivity contribution in [2.24, 2.45) is 11.1 Å². The SMILES string of the molecule is CCc1cc(CCC(=O)c2sc(C(F)(F)F)c3c2CCC(C)(C)C3)cc(C)c1CCCN. The van der Waals surface area contributed by atoms with Crippen molar-refractivity contribution in [2.75, 3.05) is 6.54 Å². The molecule has 0 aliphatic heterocycles. The Morgan fingerprint density at radius 2 is 1.91 bits per heavy atom. The Morgan fingerprint density at radius 3 is 2.53 bits per heavy atom. The van der Waals surface area contributed by atoms with E-state index in [0.717, 1.165) is 31.2 Å². The van der Waals surface area contributed by atoms with Crippen LogP contribution in [0.5, 0.6) is 0 Å². The molecule has 0 atom stereocenters. The lowest BCUT2D eigenvalue weighted by molar-refractivity contribution is -0.135. The maximum absolute atomic E-state index is 13.7. The number of Topliss-reactive ketones (excluding diaryl/α,β-unsaturated/α-hetero) is 1. The van der Waals surface area contributed by atoms with E-state index in [1.165, 1.54) is 16.7 Å². The second-order valence-electron chi connectivity index (χ2n) is 9.78. The van der Waals surface area contributed by atoms with Crippen LogP contribution in [0.3, 0.4) is 0 Å². The fraction of sp³-hybridized carbons (Fsp3) is 0.577. The summed E-state index contributed by atoms with van der Waals surface area (Å²) in [6.07, 6.45) is 0.892. The van der Waals surface area contributed by atoms with Gasteiger partial charge in [-0.2, -0.15) is 13.2 Å². The molecule has 1 aliphatic carbocycles. The number of benzene rings is 1. The summed E-state index contributed by atoms with van der Waals surface area (Å²) in [6.45, 7) is 8.86. The standard InChI is InChI=1S/C26H34F3NOS/c1-5-18-14-17(13-16(2)19(18)7-6-12-30)8-9-22(31)23-20-10-11-25(3,4)15-21(20)24(32-23)26(27,28)29/h13-14H,5-12,15,30H2,1-4H3. The van der Waals surface area contributed by atoms with E-state index in [9.17, 15) is 18.0 Å². The molecule has 0 spiro atoms. The van der Waals surface area contributed by atoms with E-state index in [1.807, 2.05) is 13.8 Å². The molecule has 0 saturated heterocycles. The summed E-state index contributed by atoms with van der Waals surface area (Å²) in [4.78, 5) is 12.8. The van der Waals surface area contributed by atoms with Crippen LogP contribution in [0.1, 0.15) is 88.0 Å². The monoisotopic (exact) mass is 465 g/mol. The van der Waals surface area contributed by atoms with Crippen molar-refractivity contribution in [3.63, 3.8) is 0 Å². The first kappa shape index (κ1) is 25.0.